The Labute approximate surface area is 165 Å². The Morgan fingerprint density at radius 3 is 2.36 bits per heavy atom. The van der Waals surface area contributed by atoms with Crippen LogP contribution in [0.1, 0.15) is 10.4 Å². The fraction of sp³-hybridized carbons (Fsp3) is 0.0500. The van der Waals surface area contributed by atoms with Gasteiger partial charge in [0.15, 0.2) is 11.5 Å². The predicted molar refractivity (Wildman–Crippen MR) is 106 cm³/mol. The Balaban J connectivity index is 1.86. The number of nitro groups is 1. The van der Waals surface area contributed by atoms with E-state index in [1.54, 1.807) is 48.5 Å². The molecule has 8 heteroatoms. The maximum atomic E-state index is 12.6. The van der Waals surface area contributed by atoms with Crippen molar-refractivity contribution in [1.82, 2.24) is 0 Å². The molecule has 0 heterocycles. The summed E-state index contributed by atoms with van der Waals surface area (Å²) < 4.78 is 10.8. The number of ether oxygens (including phenoxy) is 2. The van der Waals surface area contributed by atoms with Crippen LogP contribution in [0.25, 0.3) is 0 Å². The van der Waals surface area contributed by atoms with Crippen molar-refractivity contribution in [3.63, 3.8) is 0 Å². The minimum atomic E-state index is -0.607. The van der Waals surface area contributed by atoms with E-state index in [4.69, 9.17) is 21.1 Å². The fourth-order valence-corrected chi connectivity index (χ4v) is 2.65. The van der Waals surface area contributed by atoms with Crippen molar-refractivity contribution in [2.24, 2.45) is 0 Å². The van der Waals surface area contributed by atoms with Gasteiger partial charge in [0.05, 0.1) is 22.7 Å². The number of hydrogen-bond acceptors (Lipinski definition) is 5. The third kappa shape index (κ3) is 4.21. The van der Waals surface area contributed by atoms with Crippen LogP contribution in [0, 0.1) is 10.1 Å². The summed E-state index contributed by atoms with van der Waals surface area (Å²) in [5.74, 6) is 0.364. The summed E-state index contributed by atoms with van der Waals surface area (Å²) in [5, 5.41) is 14.3. The van der Waals surface area contributed by atoms with E-state index in [9.17, 15) is 14.9 Å². The monoisotopic (exact) mass is 398 g/mol. The highest BCUT2D eigenvalue weighted by Crippen LogP contribution is 2.34. The van der Waals surface area contributed by atoms with Crippen molar-refractivity contribution in [3.05, 3.63) is 87.4 Å². The minimum absolute atomic E-state index is 0.0732. The van der Waals surface area contributed by atoms with Crippen LogP contribution in [-0.4, -0.2) is 17.9 Å². The summed E-state index contributed by atoms with van der Waals surface area (Å²) in [6, 6.07) is 17.7. The molecule has 7 nitrogen and oxygen atoms in total. The van der Waals surface area contributed by atoms with Gasteiger partial charge in [-0.15, -0.1) is 0 Å². The summed E-state index contributed by atoms with van der Waals surface area (Å²) in [6.45, 7) is 0. The van der Waals surface area contributed by atoms with E-state index < -0.39 is 10.8 Å². The number of nitrogens with zero attached hydrogens (tertiary/aromatic N) is 1. The molecule has 0 spiro atoms. The van der Waals surface area contributed by atoms with Crippen LogP contribution in [-0.2, 0) is 0 Å². The molecule has 28 heavy (non-hydrogen) atoms. The molecular formula is C20H15ClN2O5. The molecule has 0 fully saturated rings. The van der Waals surface area contributed by atoms with Crippen molar-refractivity contribution in [1.29, 1.82) is 0 Å². The molecular weight excluding hydrogens is 384 g/mol. The number of carbonyl (C=O) groups excluding carboxylic acids is 1. The van der Waals surface area contributed by atoms with E-state index in [2.05, 4.69) is 5.32 Å². The van der Waals surface area contributed by atoms with Crippen LogP contribution in [0.5, 0.6) is 17.2 Å². The first-order valence-corrected chi connectivity index (χ1v) is 8.52. The molecule has 0 aliphatic heterocycles. The second-order valence-electron chi connectivity index (χ2n) is 5.63. The molecule has 1 N–H and O–H groups in total. The first kappa shape index (κ1) is 19.2. The molecule has 0 aliphatic carbocycles. The maximum absolute atomic E-state index is 12.6. The molecule has 142 valence electrons. The Morgan fingerprint density at radius 1 is 1.00 bits per heavy atom. The van der Waals surface area contributed by atoms with Crippen LogP contribution in [0.4, 0.5) is 11.4 Å². The fourth-order valence-electron chi connectivity index (χ4n) is 2.47. The lowest BCUT2D eigenvalue weighted by atomic mass is 10.1. The average Bonchev–Trinajstić information content (AvgIpc) is 2.70. The van der Waals surface area contributed by atoms with Crippen LogP contribution in [0.3, 0.4) is 0 Å². The maximum Gasteiger partial charge on any atom is 0.311 e. The molecule has 0 aliphatic rings. The third-order valence-corrected chi connectivity index (χ3v) is 4.14. The predicted octanol–water partition coefficient (Wildman–Crippen LogP) is 5.30. The topological polar surface area (TPSA) is 90.7 Å². The van der Waals surface area contributed by atoms with E-state index in [1.165, 1.54) is 19.2 Å². The number of anilines is 1. The summed E-state index contributed by atoms with van der Waals surface area (Å²) in [6.07, 6.45) is 0. The molecule has 1 amide bonds. The zero-order valence-corrected chi connectivity index (χ0v) is 15.5. The highest BCUT2D eigenvalue weighted by Gasteiger charge is 2.19. The molecule has 0 radical (unpaired) electrons. The van der Waals surface area contributed by atoms with Crippen LogP contribution < -0.4 is 14.8 Å². The van der Waals surface area contributed by atoms with Gasteiger partial charge in [0, 0.05) is 11.6 Å². The molecule has 0 atom stereocenters. The Morgan fingerprint density at radius 2 is 1.68 bits per heavy atom. The van der Waals surface area contributed by atoms with Gasteiger partial charge in [-0.2, -0.15) is 0 Å². The number of benzene rings is 3. The summed E-state index contributed by atoms with van der Waals surface area (Å²) >= 11 is 6.12. The molecule has 3 aromatic rings. The lowest BCUT2D eigenvalue weighted by molar-refractivity contribution is -0.385. The number of nitrogens with one attached hydrogen (secondary N) is 1. The van der Waals surface area contributed by atoms with Crippen molar-refractivity contribution in [2.75, 3.05) is 12.4 Å². The van der Waals surface area contributed by atoms with Crippen molar-refractivity contribution in [2.45, 2.75) is 0 Å². The summed E-state index contributed by atoms with van der Waals surface area (Å²) in [4.78, 5) is 23.2. The smallest absolute Gasteiger partial charge is 0.311 e. The van der Waals surface area contributed by atoms with Crippen molar-refractivity contribution >= 4 is 28.9 Å². The van der Waals surface area contributed by atoms with Crippen molar-refractivity contribution < 1.29 is 19.2 Å². The SMILES string of the molecule is COc1ccc(C(=O)Nc2ccccc2Oc2ccccc2Cl)cc1[N+](=O)[O-]. The van der Waals surface area contributed by atoms with Crippen LogP contribution in [0.15, 0.2) is 66.7 Å². The third-order valence-electron chi connectivity index (χ3n) is 3.83. The second kappa shape index (κ2) is 8.41. The largest absolute Gasteiger partial charge is 0.490 e. The minimum Gasteiger partial charge on any atom is -0.490 e. The van der Waals surface area contributed by atoms with E-state index in [0.717, 1.165) is 6.07 Å². The van der Waals surface area contributed by atoms with E-state index in [1.807, 2.05) is 0 Å². The molecule has 0 unspecified atom stereocenters. The lowest BCUT2D eigenvalue weighted by Crippen LogP contribution is -2.13. The van der Waals surface area contributed by atoms with E-state index in [0.29, 0.717) is 22.2 Å². The molecule has 3 aromatic carbocycles. The number of amides is 1. The van der Waals surface area contributed by atoms with Gasteiger partial charge in [0.25, 0.3) is 5.91 Å². The lowest BCUT2D eigenvalue weighted by Gasteiger charge is -2.13. The number of hydrogen-bond donors (Lipinski definition) is 1. The zero-order valence-electron chi connectivity index (χ0n) is 14.7. The Bertz CT molecular complexity index is 1040. The average molecular weight is 399 g/mol. The second-order valence-corrected chi connectivity index (χ2v) is 6.03. The first-order chi connectivity index (χ1) is 13.5. The number of carbonyl (C=O) groups is 1. The van der Waals surface area contributed by atoms with Crippen LogP contribution in [0.2, 0.25) is 5.02 Å². The van der Waals surface area contributed by atoms with Gasteiger partial charge in [-0.1, -0.05) is 35.9 Å². The number of methoxy groups -OCH3 is 1. The van der Waals surface area contributed by atoms with Crippen LogP contribution >= 0.6 is 11.6 Å². The molecule has 0 saturated heterocycles. The van der Waals surface area contributed by atoms with Gasteiger partial charge in [-0.05, 0) is 36.4 Å². The zero-order chi connectivity index (χ0) is 20.1. The number of rotatable bonds is 6. The Hall–Kier alpha value is -3.58. The number of nitro benzene ring substituents is 1. The molecule has 0 bridgehead atoms. The standard InChI is InChI=1S/C20H15ClN2O5/c1-27-19-11-10-13(12-16(19)23(25)26)20(24)22-15-7-3-5-9-18(15)28-17-8-4-2-6-14(17)21/h2-12H,1H3,(H,22,24). The van der Waals surface area contributed by atoms with Gasteiger partial charge in [-0.25, -0.2) is 0 Å². The van der Waals surface area contributed by atoms with Gasteiger partial charge in [-0.3, -0.25) is 14.9 Å². The molecule has 3 rings (SSSR count). The van der Waals surface area contributed by atoms with Gasteiger partial charge in [0.2, 0.25) is 0 Å². The number of halogens is 1. The number of para-hydroxylation sites is 3. The van der Waals surface area contributed by atoms with Gasteiger partial charge in [0.1, 0.15) is 5.75 Å². The van der Waals surface area contributed by atoms with E-state index in [-0.39, 0.29) is 17.0 Å². The van der Waals surface area contributed by atoms with E-state index >= 15 is 0 Å². The Kier molecular flexibility index (Phi) is 5.76. The summed E-state index contributed by atoms with van der Waals surface area (Å²) in [5.41, 5.74) is 0.210. The van der Waals surface area contributed by atoms with Gasteiger partial charge < -0.3 is 14.8 Å². The highest BCUT2D eigenvalue weighted by atomic mass is 35.5. The highest BCUT2D eigenvalue weighted by molar-refractivity contribution is 6.32. The normalized spacial score (nSPS) is 10.2. The quantitative estimate of drug-likeness (QED) is 0.449. The summed E-state index contributed by atoms with van der Waals surface area (Å²) in [7, 11) is 1.32. The van der Waals surface area contributed by atoms with Crippen molar-refractivity contribution in [3.8, 4) is 17.2 Å². The van der Waals surface area contributed by atoms with Gasteiger partial charge >= 0.3 is 5.69 Å². The first-order valence-electron chi connectivity index (χ1n) is 8.15. The molecule has 0 saturated carbocycles. The molecule has 0 aromatic heterocycles.